The third kappa shape index (κ3) is 5.33. The van der Waals surface area contributed by atoms with Gasteiger partial charge in [0.2, 0.25) is 10.0 Å². The van der Waals surface area contributed by atoms with E-state index in [1.807, 2.05) is 32.0 Å². The molecule has 9 nitrogen and oxygen atoms in total. The van der Waals surface area contributed by atoms with Crippen molar-refractivity contribution in [2.24, 2.45) is 5.41 Å². The van der Waals surface area contributed by atoms with Crippen LogP contribution < -0.4 is 9.46 Å². The molecule has 0 aliphatic heterocycles. The number of aryl methyl sites for hydroxylation is 2. The summed E-state index contributed by atoms with van der Waals surface area (Å²) in [5, 5.41) is 11.2. The number of ether oxygens (including phenoxy) is 2. The summed E-state index contributed by atoms with van der Waals surface area (Å²) in [7, 11) is -3.07. The highest BCUT2D eigenvalue weighted by Gasteiger charge is 2.38. The van der Waals surface area contributed by atoms with Gasteiger partial charge in [-0.2, -0.15) is 0 Å². The Kier molecular flexibility index (Phi) is 7.16. The molecule has 2 aromatic rings. The van der Waals surface area contributed by atoms with Gasteiger partial charge in [0, 0.05) is 12.6 Å². The molecule has 0 aliphatic rings. The second kappa shape index (κ2) is 9.23. The van der Waals surface area contributed by atoms with Crippen molar-refractivity contribution in [1.82, 2.24) is 4.72 Å². The second-order valence-corrected chi connectivity index (χ2v) is 8.89. The van der Waals surface area contributed by atoms with Gasteiger partial charge in [-0.25, -0.2) is 13.1 Å². The van der Waals surface area contributed by atoms with E-state index in [2.05, 4.69) is 4.72 Å². The molecule has 2 rings (SSSR count). The van der Waals surface area contributed by atoms with Gasteiger partial charge in [-0.15, -0.1) is 0 Å². The maximum Gasteiger partial charge on any atom is 0.316 e. The fourth-order valence-electron chi connectivity index (χ4n) is 2.70. The van der Waals surface area contributed by atoms with Crippen molar-refractivity contribution in [3.8, 4) is 5.75 Å². The third-order valence-electron chi connectivity index (χ3n) is 4.57. The Hall–Kier alpha value is -2.98. The highest BCUT2D eigenvalue weighted by atomic mass is 32.2. The summed E-state index contributed by atoms with van der Waals surface area (Å²) in [4.78, 5) is 22.3. The van der Waals surface area contributed by atoms with Gasteiger partial charge in [-0.1, -0.05) is 24.3 Å². The van der Waals surface area contributed by atoms with Crippen LogP contribution in [-0.4, -0.2) is 39.6 Å². The number of methoxy groups -OCH3 is 1. The number of esters is 1. The summed E-state index contributed by atoms with van der Waals surface area (Å²) >= 11 is 0. The van der Waals surface area contributed by atoms with Crippen molar-refractivity contribution in [2.45, 2.75) is 25.7 Å². The maximum absolute atomic E-state index is 12.7. The van der Waals surface area contributed by atoms with Crippen molar-refractivity contribution >= 4 is 21.7 Å². The summed E-state index contributed by atoms with van der Waals surface area (Å²) in [5.41, 5.74) is -0.112. The first-order chi connectivity index (χ1) is 14.0. The van der Waals surface area contributed by atoms with E-state index in [4.69, 9.17) is 9.47 Å². The van der Waals surface area contributed by atoms with E-state index in [0.717, 1.165) is 23.3 Å². The number of para-hydroxylation sites is 1. The smallest absolute Gasteiger partial charge is 0.316 e. The molecule has 1 N–H and O–H groups in total. The number of nitro groups is 1. The lowest BCUT2D eigenvalue weighted by molar-refractivity contribution is -0.387. The van der Waals surface area contributed by atoms with Crippen LogP contribution in [0.1, 0.15) is 18.1 Å². The topological polar surface area (TPSA) is 125 Å². The first kappa shape index (κ1) is 23.3. The Bertz CT molecular complexity index is 1050. The van der Waals surface area contributed by atoms with Crippen molar-refractivity contribution in [3.05, 3.63) is 63.7 Å². The summed E-state index contributed by atoms with van der Waals surface area (Å²) in [6.45, 7) is 4.70. The van der Waals surface area contributed by atoms with Crippen LogP contribution in [0.4, 0.5) is 5.69 Å². The van der Waals surface area contributed by atoms with Gasteiger partial charge in [0.15, 0.2) is 4.90 Å². The largest absolute Gasteiger partial charge is 0.492 e. The second-order valence-electron chi connectivity index (χ2n) is 7.16. The van der Waals surface area contributed by atoms with Gasteiger partial charge in [0.25, 0.3) is 5.69 Å². The maximum atomic E-state index is 12.7. The zero-order chi connectivity index (χ0) is 22.5. The lowest BCUT2D eigenvalue weighted by Crippen LogP contribution is -2.45. The third-order valence-corrected chi connectivity index (χ3v) is 6.02. The van der Waals surface area contributed by atoms with Gasteiger partial charge < -0.3 is 9.47 Å². The minimum Gasteiger partial charge on any atom is -0.492 e. The van der Waals surface area contributed by atoms with E-state index >= 15 is 0 Å². The van der Waals surface area contributed by atoms with Gasteiger partial charge >= 0.3 is 5.97 Å². The molecule has 10 heteroatoms. The Morgan fingerprint density at radius 2 is 1.87 bits per heavy atom. The summed E-state index contributed by atoms with van der Waals surface area (Å²) in [6.07, 6.45) is 0. The van der Waals surface area contributed by atoms with Crippen LogP contribution in [0.5, 0.6) is 5.75 Å². The fraction of sp³-hybridized carbons (Fsp3) is 0.350. The molecular formula is C20H24N2O7S. The van der Waals surface area contributed by atoms with Gasteiger partial charge in [-0.3, -0.25) is 14.9 Å². The molecule has 30 heavy (non-hydrogen) atoms. The number of sulfonamides is 1. The Morgan fingerprint density at radius 1 is 1.20 bits per heavy atom. The number of carbonyl (C=O) groups excluding carboxylic acids is 1. The Balaban J connectivity index is 2.25. The van der Waals surface area contributed by atoms with Gasteiger partial charge in [-0.05, 0) is 44.0 Å². The standard InChI is InChI=1S/C20H24N2O7S/c1-14-9-10-15(2)17(11-14)29-13-20(3,19(23)28-4)12-21-30(26,27)18-8-6-5-7-16(18)22(24)25/h5-11,21H,12-13H2,1-4H3. The van der Waals surface area contributed by atoms with E-state index in [-0.39, 0.29) is 13.2 Å². The molecule has 0 spiro atoms. The SMILES string of the molecule is COC(=O)C(C)(CNS(=O)(=O)c1ccccc1[N+](=O)[O-])COc1cc(C)ccc1C. The molecule has 162 valence electrons. The average molecular weight is 436 g/mol. The van der Waals surface area contributed by atoms with Crippen LogP contribution in [0, 0.1) is 29.4 Å². The van der Waals surface area contributed by atoms with Crippen molar-refractivity contribution in [2.75, 3.05) is 20.3 Å². The molecule has 0 aliphatic carbocycles. The number of hydrogen-bond acceptors (Lipinski definition) is 7. The molecule has 0 saturated heterocycles. The van der Waals surface area contributed by atoms with E-state index in [1.165, 1.54) is 26.2 Å². The van der Waals surface area contributed by atoms with Crippen molar-refractivity contribution in [1.29, 1.82) is 0 Å². The van der Waals surface area contributed by atoms with Crippen LogP contribution in [0.15, 0.2) is 47.4 Å². The molecule has 2 aromatic carbocycles. The van der Waals surface area contributed by atoms with Gasteiger partial charge in [0.05, 0.1) is 12.0 Å². The number of benzene rings is 2. The number of nitrogens with zero attached hydrogens (tertiary/aromatic N) is 1. The highest BCUT2D eigenvalue weighted by molar-refractivity contribution is 7.89. The molecule has 0 amide bonds. The Labute approximate surface area is 175 Å². The lowest BCUT2D eigenvalue weighted by Gasteiger charge is -2.27. The average Bonchev–Trinajstić information content (AvgIpc) is 2.72. The van der Waals surface area contributed by atoms with Crippen molar-refractivity contribution in [3.63, 3.8) is 0 Å². The van der Waals surface area contributed by atoms with E-state index in [0.29, 0.717) is 5.75 Å². The quantitative estimate of drug-likeness (QED) is 0.364. The Morgan fingerprint density at radius 3 is 2.50 bits per heavy atom. The molecular weight excluding hydrogens is 412 g/mol. The molecule has 1 atom stereocenters. The first-order valence-corrected chi connectivity index (χ1v) is 10.5. The molecule has 0 aromatic heterocycles. The normalized spacial score (nSPS) is 13.3. The van der Waals surface area contributed by atoms with Crippen LogP contribution in [0.25, 0.3) is 0 Å². The zero-order valence-electron chi connectivity index (χ0n) is 17.2. The van der Waals surface area contributed by atoms with E-state index < -0.39 is 36.9 Å². The number of nitrogens with one attached hydrogen (secondary N) is 1. The van der Waals surface area contributed by atoms with Crippen molar-refractivity contribution < 1.29 is 27.6 Å². The number of nitro benzene ring substituents is 1. The minimum absolute atomic E-state index is 0.163. The van der Waals surface area contributed by atoms with Crippen LogP contribution in [0.3, 0.4) is 0 Å². The van der Waals surface area contributed by atoms with E-state index in [1.54, 1.807) is 0 Å². The summed E-state index contributed by atoms with van der Waals surface area (Å²) in [5.74, 6) is -0.121. The highest BCUT2D eigenvalue weighted by Crippen LogP contribution is 2.26. The van der Waals surface area contributed by atoms with Crippen LogP contribution in [0.2, 0.25) is 0 Å². The van der Waals surface area contributed by atoms with Gasteiger partial charge in [0.1, 0.15) is 17.8 Å². The molecule has 0 fully saturated rings. The molecule has 0 bridgehead atoms. The molecule has 1 unspecified atom stereocenters. The molecule has 0 heterocycles. The van der Waals surface area contributed by atoms with E-state index in [9.17, 15) is 23.3 Å². The lowest BCUT2D eigenvalue weighted by atomic mass is 9.92. The van der Waals surface area contributed by atoms with Crippen LogP contribution in [-0.2, 0) is 19.6 Å². The first-order valence-electron chi connectivity index (χ1n) is 9.02. The number of hydrogen-bond donors (Lipinski definition) is 1. The number of carbonyl (C=O) groups is 1. The predicted octanol–water partition coefficient (Wildman–Crippen LogP) is 2.75. The summed E-state index contributed by atoms with van der Waals surface area (Å²) < 4.78 is 38.3. The minimum atomic E-state index is -4.26. The fourth-order valence-corrected chi connectivity index (χ4v) is 4.04. The molecule has 0 radical (unpaired) electrons. The number of rotatable bonds is 9. The monoisotopic (exact) mass is 436 g/mol. The summed E-state index contributed by atoms with van der Waals surface area (Å²) in [6, 6.07) is 10.6. The zero-order valence-corrected chi connectivity index (χ0v) is 18.0. The predicted molar refractivity (Wildman–Crippen MR) is 110 cm³/mol. The van der Waals surface area contributed by atoms with Crippen LogP contribution >= 0.6 is 0 Å². The molecule has 0 saturated carbocycles.